The van der Waals surface area contributed by atoms with Crippen LogP contribution < -0.4 is 14.8 Å². The van der Waals surface area contributed by atoms with E-state index in [1.165, 1.54) is 0 Å². The SMILES string of the molecule is O=C(NC(Cc1cc(OCc2ccccc2)c(OCc2ccccc2)cc1Cl)C(=O)OCc1ccccc1)c1ccccc1. The van der Waals surface area contributed by atoms with Crippen molar-refractivity contribution in [3.63, 3.8) is 0 Å². The highest BCUT2D eigenvalue weighted by atomic mass is 35.5. The maximum absolute atomic E-state index is 13.4. The monoisotopic (exact) mass is 605 g/mol. The highest BCUT2D eigenvalue weighted by molar-refractivity contribution is 6.31. The molecule has 222 valence electrons. The summed E-state index contributed by atoms with van der Waals surface area (Å²) in [5.41, 5.74) is 3.83. The summed E-state index contributed by atoms with van der Waals surface area (Å²) < 4.78 is 18.0. The largest absolute Gasteiger partial charge is 0.485 e. The number of halogens is 1. The van der Waals surface area contributed by atoms with E-state index in [1.807, 2.05) is 97.1 Å². The molecule has 7 heteroatoms. The second-order valence-electron chi connectivity index (χ2n) is 10.1. The summed E-state index contributed by atoms with van der Waals surface area (Å²) in [5, 5.41) is 3.21. The maximum atomic E-state index is 13.4. The fraction of sp³-hybridized carbons (Fsp3) is 0.135. The molecule has 5 aromatic rings. The van der Waals surface area contributed by atoms with Crippen molar-refractivity contribution < 1.29 is 23.8 Å². The standard InChI is InChI=1S/C37H32ClNO5/c38-32-23-35(43-25-28-15-7-2-8-16-28)34(42-24-27-13-5-1-6-14-27)22-31(32)21-33(39-36(40)30-19-11-4-12-20-30)37(41)44-26-29-17-9-3-10-18-29/h1-20,22-23,33H,21,24-26H2,(H,39,40). The molecule has 0 bridgehead atoms. The fourth-order valence-electron chi connectivity index (χ4n) is 4.50. The van der Waals surface area contributed by atoms with Gasteiger partial charge in [-0.15, -0.1) is 0 Å². The number of nitrogens with one attached hydrogen (secondary N) is 1. The zero-order chi connectivity index (χ0) is 30.6. The Labute approximate surface area is 262 Å². The Balaban J connectivity index is 1.40. The van der Waals surface area contributed by atoms with Gasteiger partial charge in [0.25, 0.3) is 5.91 Å². The lowest BCUT2D eigenvalue weighted by atomic mass is 10.0. The van der Waals surface area contributed by atoms with Gasteiger partial charge in [-0.05, 0) is 40.5 Å². The van der Waals surface area contributed by atoms with Crippen LogP contribution in [-0.4, -0.2) is 17.9 Å². The van der Waals surface area contributed by atoms with E-state index >= 15 is 0 Å². The fourth-order valence-corrected chi connectivity index (χ4v) is 4.73. The van der Waals surface area contributed by atoms with Gasteiger partial charge in [0.1, 0.15) is 25.9 Å². The third-order valence-corrected chi connectivity index (χ3v) is 7.21. The van der Waals surface area contributed by atoms with Gasteiger partial charge in [-0.25, -0.2) is 4.79 Å². The molecule has 0 spiro atoms. The Morgan fingerprint density at radius 2 is 1.07 bits per heavy atom. The third-order valence-electron chi connectivity index (χ3n) is 6.86. The summed E-state index contributed by atoms with van der Waals surface area (Å²) in [6, 6.07) is 40.1. The minimum atomic E-state index is -1.01. The lowest BCUT2D eigenvalue weighted by molar-refractivity contribution is -0.147. The summed E-state index contributed by atoms with van der Waals surface area (Å²) >= 11 is 6.78. The summed E-state index contributed by atoms with van der Waals surface area (Å²) in [6.45, 7) is 0.694. The molecule has 1 N–H and O–H groups in total. The molecular formula is C37H32ClNO5. The minimum absolute atomic E-state index is 0.0722. The molecule has 0 saturated carbocycles. The van der Waals surface area contributed by atoms with Gasteiger partial charge in [0.2, 0.25) is 0 Å². The zero-order valence-corrected chi connectivity index (χ0v) is 24.8. The Hall–Kier alpha value is -5.07. The van der Waals surface area contributed by atoms with Crippen LogP contribution in [0.1, 0.15) is 32.6 Å². The first-order chi connectivity index (χ1) is 21.5. The lowest BCUT2D eigenvalue weighted by Crippen LogP contribution is -2.43. The lowest BCUT2D eigenvalue weighted by Gasteiger charge is -2.20. The average molecular weight is 606 g/mol. The van der Waals surface area contributed by atoms with E-state index in [2.05, 4.69) is 5.32 Å². The van der Waals surface area contributed by atoms with Crippen LogP contribution >= 0.6 is 11.6 Å². The van der Waals surface area contributed by atoms with Crippen molar-refractivity contribution in [2.75, 3.05) is 0 Å². The molecule has 1 amide bonds. The number of benzene rings is 5. The maximum Gasteiger partial charge on any atom is 0.329 e. The highest BCUT2D eigenvalue weighted by Gasteiger charge is 2.26. The van der Waals surface area contributed by atoms with Crippen LogP contribution in [0.3, 0.4) is 0 Å². The molecule has 6 nitrogen and oxygen atoms in total. The van der Waals surface area contributed by atoms with Crippen LogP contribution in [0, 0.1) is 0 Å². The van der Waals surface area contributed by atoms with Gasteiger partial charge in [-0.2, -0.15) is 0 Å². The summed E-state index contributed by atoms with van der Waals surface area (Å²) in [7, 11) is 0. The van der Waals surface area contributed by atoms with Crippen molar-refractivity contribution in [3.8, 4) is 11.5 Å². The number of rotatable bonds is 13. The molecule has 5 rings (SSSR count). The van der Waals surface area contributed by atoms with Crippen molar-refractivity contribution in [1.29, 1.82) is 0 Å². The summed E-state index contributed by atoms with van der Waals surface area (Å²) in [6.07, 6.45) is 0.0751. The summed E-state index contributed by atoms with van der Waals surface area (Å²) in [4.78, 5) is 26.5. The van der Waals surface area contributed by atoms with Crippen LogP contribution in [0.5, 0.6) is 11.5 Å². The van der Waals surface area contributed by atoms with Gasteiger partial charge in [0.15, 0.2) is 11.5 Å². The summed E-state index contributed by atoms with van der Waals surface area (Å²) in [5.74, 6) is -0.0397. The predicted molar refractivity (Wildman–Crippen MR) is 171 cm³/mol. The Kier molecular flexibility index (Phi) is 10.6. The van der Waals surface area contributed by atoms with E-state index in [-0.39, 0.29) is 13.0 Å². The van der Waals surface area contributed by atoms with Crippen molar-refractivity contribution in [3.05, 3.63) is 166 Å². The van der Waals surface area contributed by atoms with Crippen LogP contribution in [0.25, 0.3) is 0 Å². The van der Waals surface area contributed by atoms with Crippen molar-refractivity contribution in [1.82, 2.24) is 5.32 Å². The second-order valence-corrected chi connectivity index (χ2v) is 10.5. The predicted octanol–water partition coefficient (Wildman–Crippen LogP) is 7.58. The second kappa shape index (κ2) is 15.4. The number of esters is 1. The smallest absolute Gasteiger partial charge is 0.329 e. The normalized spacial score (nSPS) is 11.3. The third kappa shape index (κ3) is 8.72. The molecular weight excluding hydrogens is 574 g/mol. The molecule has 1 atom stereocenters. The first kappa shape index (κ1) is 30.4. The topological polar surface area (TPSA) is 73.9 Å². The van der Waals surface area contributed by atoms with Gasteiger partial charge in [0.05, 0.1) is 0 Å². The van der Waals surface area contributed by atoms with Gasteiger partial charge in [0, 0.05) is 23.1 Å². The number of hydrogen-bond donors (Lipinski definition) is 1. The Morgan fingerprint density at radius 3 is 1.59 bits per heavy atom. The Bertz CT molecular complexity index is 1650. The van der Waals surface area contributed by atoms with E-state index < -0.39 is 17.9 Å². The van der Waals surface area contributed by atoms with E-state index in [0.717, 1.165) is 16.7 Å². The van der Waals surface area contributed by atoms with Gasteiger partial charge in [-0.1, -0.05) is 121 Å². The number of ether oxygens (including phenoxy) is 3. The molecule has 0 aliphatic rings. The van der Waals surface area contributed by atoms with Crippen LogP contribution in [0.2, 0.25) is 5.02 Å². The van der Waals surface area contributed by atoms with E-state index in [1.54, 1.807) is 36.4 Å². The highest BCUT2D eigenvalue weighted by Crippen LogP contribution is 2.35. The molecule has 0 aliphatic heterocycles. The van der Waals surface area contributed by atoms with Gasteiger partial charge < -0.3 is 19.5 Å². The van der Waals surface area contributed by atoms with Crippen molar-refractivity contribution >= 4 is 23.5 Å². The number of carbonyl (C=O) groups excluding carboxylic acids is 2. The van der Waals surface area contributed by atoms with E-state index in [9.17, 15) is 9.59 Å². The van der Waals surface area contributed by atoms with Gasteiger partial charge in [-0.3, -0.25) is 4.79 Å². The first-order valence-corrected chi connectivity index (χ1v) is 14.7. The van der Waals surface area contributed by atoms with E-state index in [4.69, 9.17) is 25.8 Å². The molecule has 0 aliphatic carbocycles. The molecule has 0 fully saturated rings. The quantitative estimate of drug-likeness (QED) is 0.140. The van der Waals surface area contributed by atoms with Crippen LogP contribution in [0.4, 0.5) is 0 Å². The van der Waals surface area contributed by atoms with Crippen LogP contribution in [-0.2, 0) is 35.8 Å². The average Bonchev–Trinajstić information content (AvgIpc) is 3.08. The molecule has 0 radical (unpaired) electrons. The minimum Gasteiger partial charge on any atom is -0.485 e. The molecule has 0 saturated heterocycles. The number of amides is 1. The first-order valence-electron chi connectivity index (χ1n) is 14.3. The zero-order valence-electron chi connectivity index (χ0n) is 24.0. The number of carbonyl (C=O) groups is 2. The molecule has 44 heavy (non-hydrogen) atoms. The van der Waals surface area contributed by atoms with Gasteiger partial charge >= 0.3 is 5.97 Å². The molecule has 5 aromatic carbocycles. The van der Waals surface area contributed by atoms with E-state index in [0.29, 0.717) is 40.9 Å². The van der Waals surface area contributed by atoms with Crippen molar-refractivity contribution in [2.24, 2.45) is 0 Å². The molecule has 1 unspecified atom stereocenters. The molecule has 0 aromatic heterocycles. The van der Waals surface area contributed by atoms with Crippen molar-refractivity contribution in [2.45, 2.75) is 32.3 Å². The van der Waals surface area contributed by atoms with Crippen LogP contribution in [0.15, 0.2) is 133 Å². The molecule has 0 heterocycles. The number of hydrogen-bond acceptors (Lipinski definition) is 5. The Morgan fingerprint density at radius 1 is 0.614 bits per heavy atom.